The molecule has 0 heterocycles. The van der Waals surface area contributed by atoms with Gasteiger partial charge in [-0.15, -0.1) is 0 Å². The van der Waals surface area contributed by atoms with Gasteiger partial charge in [0.1, 0.15) is 0 Å². The third kappa shape index (κ3) is 6.12. The summed E-state index contributed by atoms with van der Waals surface area (Å²) in [4.78, 5) is 11.5. The average Bonchev–Trinajstić information content (AvgIpc) is 2.38. The van der Waals surface area contributed by atoms with Crippen molar-refractivity contribution in [3.05, 3.63) is 42.0 Å². The fraction of sp³-hybridized carbons (Fsp3) is 0.231. The van der Waals surface area contributed by atoms with Crippen LogP contribution in [0.4, 0.5) is 0 Å². The van der Waals surface area contributed by atoms with E-state index in [-0.39, 0.29) is 5.91 Å². The molecule has 0 radical (unpaired) electrons. The van der Waals surface area contributed by atoms with Crippen molar-refractivity contribution in [2.45, 2.75) is 0 Å². The fourth-order valence-corrected chi connectivity index (χ4v) is 1.40. The molecule has 0 aliphatic rings. The highest BCUT2D eigenvalue weighted by Gasteiger charge is 1.99. The van der Waals surface area contributed by atoms with Gasteiger partial charge in [-0.1, -0.05) is 30.3 Å². The number of nitrogens with one attached hydrogen (secondary N) is 2. The number of rotatable bonds is 5. The Labute approximate surface area is 112 Å². The Kier molecular flexibility index (Phi) is 6.68. The summed E-state index contributed by atoms with van der Waals surface area (Å²) in [5, 5.41) is 5.70. The molecule has 96 valence electrons. The van der Waals surface area contributed by atoms with E-state index in [2.05, 4.69) is 10.6 Å². The topological polar surface area (TPSA) is 50.4 Å². The van der Waals surface area contributed by atoms with Gasteiger partial charge in [-0.3, -0.25) is 10.1 Å². The number of hydrogen-bond acceptors (Lipinski definition) is 3. The van der Waals surface area contributed by atoms with Crippen LogP contribution in [-0.4, -0.2) is 31.3 Å². The molecule has 0 atom stereocenters. The number of ether oxygens (including phenoxy) is 1. The van der Waals surface area contributed by atoms with E-state index in [4.69, 9.17) is 17.0 Å². The van der Waals surface area contributed by atoms with E-state index in [0.717, 1.165) is 5.56 Å². The Morgan fingerprint density at radius 1 is 1.39 bits per heavy atom. The number of hydrogen-bond donors (Lipinski definition) is 2. The maximum Gasteiger partial charge on any atom is 0.250 e. The van der Waals surface area contributed by atoms with Gasteiger partial charge in [-0.25, -0.2) is 0 Å². The van der Waals surface area contributed by atoms with E-state index in [1.54, 1.807) is 13.2 Å². The summed E-state index contributed by atoms with van der Waals surface area (Å²) < 4.78 is 4.85. The van der Waals surface area contributed by atoms with Gasteiger partial charge >= 0.3 is 0 Å². The molecular formula is C13H16N2O2S. The highest BCUT2D eigenvalue weighted by Crippen LogP contribution is 2.00. The molecule has 1 rings (SSSR count). The van der Waals surface area contributed by atoms with Crippen LogP contribution in [0.3, 0.4) is 0 Å². The number of thiocarbonyl (C=S) groups is 1. The molecule has 0 saturated carbocycles. The van der Waals surface area contributed by atoms with E-state index < -0.39 is 0 Å². The lowest BCUT2D eigenvalue weighted by atomic mass is 10.2. The molecule has 0 aliphatic heterocycles. The van der Waals surface area contributed by atoms with Gasteiger partial charge in [0.05, 0.1) is 6.61 Å². The summed E-state index contributed by atoms with van der Waals surface area (Å²) in [7, 11) is 1.60. The van der Waals surface area contributed by atoms with E-state index in [1.807, 2.05) is 30.3 Å². The number of methoxy groups -OCH3 is 1. The second-order valence-electron chi connectivity index (χ2n) is 3.48. The fourth-order valence-electron chi connectivity index (χ4n) is 1.20. The summed E-state index contributed by atoms with van der Waals surface area (Å²) in [6, 6.07) is 9.58. The molecule has 4 nitrogen and oxygen atoms in total. The Hall–Kier alpha value is -1.72. The zero-order valence-electron chi connectivity index (χ0n) is 10.2. The first-order valence-corrected chi connectivity index (χ1v) is 5.94. The second-order valence-corrected chi connectivity index (χ2v) is 3.89. The number of amides is 1. The van der Waals surface area contributed by atoms with Crippen molar-refractivity contribution in [3.8, 4) is 0 Å². The minimum absolute atomic E-state index is 0.256. The SMILES string of the molecule is COCCNC(=S)NC(=O)/C=C/c1ccccc1. The quantitative estimate of drug-likeness (QED) is 0.479. The largest absolute Gasteiger partial charge is 0.383 e. The van der Waals surface area contributed by atoms with Crippen LogP contribution in [0, 0.1) is 0 Å². The summed E-state index contributed by atoms with van der Waals surface area (Å²) in [6.07, 6.45) is 3.17. The molecule has 2 N–H and O–H groups in total. The predicted molar refractivity (Wildman–Crippen MR) is 76.1 cm³/mol. The molecule has 5 heteroatoms. The van der Waals surface area contributed by atoms with E-state index >= 15 is 0 Å². The molecule has 18 heavy (non-hydrogen) atoms. The van der Waals surface area contributed by atoms with Crippen molar-refractivity contribution in [1.29, 1.82) is 0 Å². The van der Waals surface area contributed by atoms with Gasteiger partial charge in [0.2, 0.25) is 5.91 Å². The van der Waals surface area contributed by atoms with Crippen LogP contribution in [0.2, 0.25) is 0 Å². The van der Waals surface area contributed by atoms with Crippen LogP contribution in [0.5, 0.6) is 0 Å². The lowest BCUT2D eigenvalue weighted by molar-refractivity contribution is -0.115. The van der Waals surface area contributed by atoms with Gasteiger partial charge in [-0.2, -0.15) is 0 Å². The standard InChI is InChI=1S/C13H16N2O2S/c1-17-10-9-14-13(18)15-12(16)8-7-11-5-3-2-4-6-11/h2-8H,9-10H2,1H3,(H2,14,15,16,18)/b8-7+. The summed E-state index contributed by atoms with van der Waals surface area (Å²) in [5.74, 6) is -0.256. The molecule has 0 bridgehead atoms. The van der Waals surface area contributed by atoms with Crippen LogP contribution in [0.25, 0.3) is 6.08 Å². The average molecular weight is 264 g/mol. The summed E-state index contributed by atoms with van der Waals surface area (Å²) in [5.41, 5.74) is 0.964. The normalized spacial score (nSPS) is 10.3. The maximum atomic E-state index is 11.5. The van der Waals surface area contributed by atoms with Crippen LogP contribution in [0.15, 0.2) is 36.4 Å². The number of carbonyl (C=O) groups excluding carboxylic acids is 1. The van der Waals surface area contributed by atoms with Gasteiger partial charge < -0.3 is 10.1 Å². The second kappa shape index (κ2) is 8.38. The minimum Gasteiger partial charge on any atom is -0.383 e. The van der Waals surface area contributed by atoms with E-state index in [0.29, 0.717) is 18.3 Å². The molecular weight excluding hydrogens is 248 g/mol. The first-order valence-electron chi connectivity index (χ1n) is 5.53. The Morgan fingerprint density at radius 2 is 2.11 bits per heavy atom. The van der Waals surface area contributed by atoms with Crippen molar-refractivity contribution < 1.29 is 9.53 Å². The van der Waals surface area contributed by atoms with Crippen LogP contribution >= 0.6 is 12.2 Å². The zero-order chi connectivity index (χ0) is 13.2. The first-order chi connectivity index (χ1) is 8.72. The monoisotopic (exact) mass is 264 g/mol. The summed E-state index contributed by atoms with van der Waals surface area (Å²) >= 11 is 4.94. The smallest absolute Gasteiger partial charge is 0.250 e. The van der Waals surface area contributed by atoms with Crippen LogP contribution in [0.1, 0.15) is 5.56 Å². The van der Waals surface area contributed by atoms with E-state index in [1.165, 1.54) is 6.08 Å². The molecule has 0 unspecified atom stereocenters. The van der Waals surface area contributed by atoms with Gasteiger partial charge in [-0.05, 0) is 23.9 Å². The first kappa shape index (κ1) is 14.3. The minimum atomic E-state index is -0.256. The Morgan fingerprint density at radius 3 is 2.78 bits per heavy atom. The van der Waals surface area contributed by atoms with Crippen molar-refractivity contribution in [3.63, 3.8) is 0 Å². The third-order valence-corrected chi connectivity index (χ3v) is 2.30. The molecule has 0 fully saturated rings. The Balaban J connectivity index is 2.33. The van der Waals surface area contributed by atoms with Crippen molar-refractivity contribution in [2.75, 3.05) is 20.3 Å². The van der Waals surface area contributed by atoms with Crippen molar-refractivity contribution in [1.82, 2.24) is 10.6 Å². The molecule has 1 aromatic rings. The Bertz CT molecular complexity index is 418. The highest BCUT2D eigenvalue weighted by molar-refractivity contribution is 7.80. The molecule has 0 saturated heterocycles. The molecule has 1 amide bonds. The molecule has 0 spiro atoms. The third-order valence-electron chi connectivity index (χ3n) is 2.06. The van der Waals surface area contributed by atoms with Crippen molar-refractivity contribution >= 4 is 29.3 Å². The number of carbonyl (C=O) groups is 1. The van der Waals surface area contributed by atoms with Gasteiger partial charge in [0.25, 0.3) is 0 Å². The number of benzene rings is 1. The van der Waals surface area contributed by atoms with Gasteiger partial charge in [0.15, 0.2) is 5.11 Å². The molecule has 0 aromatic heterocycles. The van der Waals surface area contributed by atoms with Crippen LogP contribution in [-0.2, 0) is 9.53 Å². The maximum absolute atomic E-state index is 11.5. The zero-order valence-corrected chi connectivity index (χ0v) is 11.0. The molecule has 1 aromatic carbocycles. The van der Waals surface area contributed by atoms with Crippen molar-refractivity contribution in [2.24, 2.45) is 0 Å². The van der Waals surface area contributed by atoms with E-state index in [9.17, 15) is 4.79 Å². The van der Waals surface area contributed by atoms with Crippen LogP contribution < -0.4 is 10.6 Å². The lowest BCUT2D eigenvalue weighted by Gasteiger charge is -2.06. The molecule has 0 aliphatic carbocycles. The lowest BCUT2D eigenvalue weighted by Crippen LogP contribution is -2.39. The summed E-state index contributed by atoms with van der Waals surface area (Å²) in [6.45, 7) is 1.11. The predicted octanol–water partition coefficient (Wildman–Crippen LogP) is 1.34. The highest BCUT2D eigenvalue weighted by atomic mass is 32.1. The van der Waals surface area contributed by atoms with Gasteiger partial charge in [0, 0.05) is 19.7 Å².